The summed E-state index contributed by atoms with van der Waals surface area (Å²) >= 11 is 2.53. The fourth-order valence-corrected chi connectivity index (χ4v) is 1.65. The van der Waals surface area contributed by atoms with Gasteiger partial charge in [-0.15, -0.1) is 0 Å². The molecule has 0 spiro atoms. The topological polar surface area (TPSA) is 73.1 Å². The Bertz CT molecular complexity index is 491. The number of alkyl halides is 2. The Labute approximate surface area is 91.5 Å². The maximum absolute atomic E-state index is 13.0. The molecule has 0 aliphatic rings. The molecule has 0 saturated carbocycles. The lowest BCUT2D eigenvalue weighted by molar-refractivity contribution is 0.143. The number of rotatable bonds is 2. The largest absolute Gasteiger partial charge is 0.281 e. The van der Waals surface area contributed by atoms with Crippen molar-refractivity contribution in [3.63, 3.8) is 0 Å². The van der Waals surface area contributed by atoms with E-state index in [-0.39, 0.29) is 0 Å². The lowest BCUT2D eigenvalue weighted by Crippen LogP contribution is -2.15. The van der Waals surface area contributed by atoms with Crippen molar-refractivity contribution in [1.82, 2.24) is 4.98 Å². The van der Waals surface area contributed by atoms with Gasteiger partial charge in [0, 0.05) is 6.07 Å². The monoisotopic (exact) mass is 304 g/mol. The standard InChI is InChI=1S/C6H4BrF3N2O2S/c7-4-2(8)1-3(15(11,13)14)12-5(4)6(9)10/h1,6H,(H2,11,13,14). The van der Waals surface area contributed by atoms with Crippen molar-refractivity contribution in [1.29, 1.82) is 0 Å². The summed E-state index contributed by atoms with van der Waals surface area (Å²) in [7, 11) is -4.30. The molecule has 0 aliphatic heterocycles. The summed E-state index contributed by atoms with van der Waals surface area (Å²) in [6.45, 7) is 0. The zero-order valence-electron chi connectivity index (χ0n) is 6.92. The zero-order valence-corrected chi connectivity index (χ0v) is 9.32. The van der Waals surface area contributed by atoms with E-state index in [1.807, 2.05) is 0 Å². The van der Waals surface area contributed by atoms with Crippen molar-refractivity contribution in [2.45, 2.75) is 11.5 Å². The SMILES string of the molecule is NS(=O)(=O)c1cc(F)c(Br)c(C(F)F)n1. The second kappa shape index (κ2) is 4.06. The highest BCUT2D eigenvalue weighted by Gasteiger charge is 2.22. The molecule has 1 aromatic heterocycles. The van der Waals surface area contributed by atoms with Gasteiger partial charge in [-0.25, -0.2) is 31.7 Å². The first kappa shape index (κ1) is 12.4. The van der Waals surface area contributed by atoms with E-state index < -0.39 is 37.5 Å². The average molecular weight is 305 g/mol. The van der Waals surface area contributed by atoms with E-state index in [1.54, 1.807) is 0 Å². The molecule has 0 saturated heterocycles. The molecule has 9 heteroatoms. The highest BCUT2D eigenvalue weighted by atomic mass is 79.9. The third kappa shape index (κ3) is 2.67. The molecule has 2 N–H and O–H groups in total. The van der Waals surface area contributed by atoms with E-state index in [4.69, 9.17) is 0 Å². The second-order valence-corrected chi connectivity index (χ2v) is 4.79. The lowest BCUT2D eigenvalue weighted by Gasteiger charge is -2.05. The van der Waals surface area contributed by atoms with Crippen LogP contribution in [0.3, 0.4) is 0 Å². The number of pyridine rings is 1. The van der Waals surface area contributed by atoms with Gasteiger partial charge in [0.05, 0.1) is 4.47 Å². The highest BCUT2D eigenvalue weighted by Crippen LogP contribution is 2.28. The molecule has 84 valence electrons. The summed E-state index contributed by atoms with van der Waals surface area (Å²) in [5.74, 6) is -1.16. The normalized spacial score (nSPS) is 12.1. The predicted octanol–water partition coefficient (Wildman–Crippen LogP) is 1.57. The maximum Gasteiger partial charge on any atom is 0.281 e. The molecular formula is C6H4BrF3N2O2S. The van der Waals surface area contributed by atoms with E-state index >= 15 is 0 Å². The van der Waals surface area contributed by atoms with Crippen LogP contribution >= 0.6 is 15.9 Å². The van der Waals surface area contributed by atoms with Crippen molar-refractivity contribution in [2.75, 3.05) is 0 Å². The van der Waals surface area contributed by atoms with Gasteiger partial charge in [-0.3, -0.25) is 0 Å². The molecule has 4 nitrogen and oxygen atoms in total. The van der Waals surface area contributed by atoms with Crippen LogP contribution in [-0.2, 0) is 10.0 Å². The molecule has 0 radical (unpaired) electrons. The van der Waals surface area contributed by atoms with Crippen LogP contribution in [0.25, 0.3) is 0 Å². The quantitative estimate of drug-likeness (QED) is 0.901. The number of hydrogen-bond acceptors (Lipinski definition) is 3. The van der Waals surface area contributed by atoms with Gasteiger partial charge in [-0.05, 0) is 15.9 Å². The Kier molecular flexibility index (Phi) is 3.36. The van der Waals surface area contributed by atoms with Gasteiger partial charge < -0.3 is 0 Å². The Morgan fingerprint density at radius 2 is 2.00 bits per heavy atom. The second-order valence-electron chi connectivity index (χ2n) is 2.49. The van der Waals surface area contributed by atoms with Crippen LogP contribution in [0.2, 0.25) is 0 Å². The van der Waals surface area contributed by atoms with Crippen molar-refractivity contribution in [3.8, 4) is 0 Å². The first-order chi connectivity index (χ1) is 6.73. The molecule has 0 atom stereocenters. The Morgan fingerprint density at radius 3 is 2.40 bits per heavy atom. The first-order valence-electron chi connectivity index (χ1n) is 3.40. The Hall–Kier alpha value is -0.670. The number of aromatic nitrogens is 1. The van der Waals surface area contributed by atoms with Gasteiger partial charge in [-0.1, -0.05) is 0 Å². The summed E-state index contributed by atoms with van der Waals surface area (Å²) < 4.78 is 58.5. The zero-order chi connectivity index (χ0) is 11.8. The molecular weight excluding hydrogens is 301 g/mol. The molecule has 1 rings (SSSR count). The van der Waals surface area contributed by atoms with E-state index in [0.717, 1.165) is 0 Å². The van der Waals surface area contributed by atoms with Crippen LogP contribution in [0.4, 0.5) is 13.2 Å². The van der Waals surface area contributed by atoms with Gasteiger partial charge in [0.25, 0.3) is 16.4 Å². The Balaban J connectivity index is 3.50. The minimum atomic E-state index is -4.30. The van der Waals surface area contributed by atoms with Gasteiger partial charge in [0.2, 0.25) is 0 Å². The molecule has 0 aromatic carbocycles. The third-order valence-corrected chi connectivity index (χ3v) is 2.99. The minimum Gasteiger partial charge on any atom is -0.232 e. The number of halogens is 4. The number of nitrogens with zero attached hydrogens (tertiary/aromatic N) is 1. The van der Waals surface area contributed by atoms with E-state index in [2.05, 4.69) is 26.1 Å². The minimum absolute atomic E-state index is 0.464. The Morgan fingerprint density at radius 1 is 1.47 bits per heavy atom. The average Bonchev–Trinajstić information content (AvgIpc) is 2.06. The van der Waals surface area contributed by atoms with Crippen molar-refractivity contribution in [3.05, 3.63) is 22.1 Å². The highest BCUT2D eigenvalue weighted by molar-refractivity contribution is 9.10. The van der Waals surface area contributed by atoms with Crippen LogP contribution < -0.4 is 5.14 Å². The van der Waals surface area contributed by atoms with Gasteiger partial charge in [0.15, 0.2) is 5.03 Å². The third-order valence-electron chi connectivity index (χ3n) is 1.41. The van der Waals surface area contributed by atoms with Crippen LogP contribution in [0.1, 0.15) is 12.1 Å². The summed E-state index contributed by atoms with van der Waals surface area (Å²) in [6.07, 6.45) is -3.10. The smallest absolute Gasteiger partial charge is 0.232 e. The molecule has 0 amide bonds. The molecule has 0 bridgehead atoms. The van der Waals surface area contributed by atoms with Gasteiger partial charge in [0.1, 0.15) is 11.5 Å². The fourth-order valence-electron chi connectivity index (χ4n) is 0.785. The molecule has 1 aromatic rings. The van der Waals surface area contributed by atoms with Crippen LogP contribution in [0.15, 0.2) is 15.6 Å². The number of sulfonamides is 1. The van der Waals surface area contributed by atoms with Gasteiger partial charge >= 0.3 is 0 Å². The molecule has 0 fully saturated rings. The van der Waals surface area contributed by atoms with Crippen LogP contribution in [0, 0.1) is 5.82 Å². The summed E-state index contributed by atoms with van der Waals surface area (Å²) in [4.78, 5) is 3.05. The number of nitrogens with two attached hydrogens (primary N) is 1. The first-order valence-corrected chi connectivity index (χ1v) is 5.74. The van der Waals surface area contributed by atoms with E-state index in [1.165, 1.54) is 0 Å². The molecule has 0 unspecified atom stereocenters. The van der Waals surface area contributed by atoms with Crippen LogP contribution in [0.5, 0.6) is 0 Å². The lowest BCUT2D eigenvalue weighted by atomic mass is 10.3. The number of hydrogen-bond donors (Lipinski definition) is 1. The van der Waals surface area contributed by atoms with Gasteiger partial charge in [-0.2, -0.15) is 0 Å². The van der Waals surface area contributed by atoms with Crippen LogP contribution in [-0.4, -0.2) is 13.4 Å². The molecule has 0 aliphatic carbocycles. The van der Waals surface area contributed by atoms with E-state index in [9.17, 15) is 21.6 Å². The molecule has 15 heavy (non-hydrogen) atoms. The fraction of sp³-hybridized carbons (Fsp3) is 0.167. The van der Waals surface area contributed by atoms with Crippen molar-refractivity contribution < 1.29 is 21.6 Å². The number of primary sulfonamides is 1. The van der Waals surface area contributed by atoms with E-state index in [0.29, 0.717) is 6.07 Å². The summed E-state index contributed by atoms with van der Waals surface area (Å²) in [6, 6.07) is 0.464. The predicted molar refractivity (Wildman–Crippen MR) is 48.2 cm³/mol. The van der Waals surface area contributed by atoms with Crippen molar-refractivity contribution in [2.24, 2.45) is 5.14 Å². The summed E-state index contributed by atoms with van der Waals surface area (Å²) in [5, 5.41) is 3.70. The summed E-state index contributed by atoms with van der Waals surface area (Å²) in [5.41, 5.74) is -1.00. The molecule has 1 heterocycles. The van der Waals surface area contributed by atoms with Crippen molar-refractivity contribution >= 4 is 26.0 Å². The maximum atomic E-state index is 13.0.